The van der Waals surface area contributed by atoms with Gasteiger partial charge in [0.2, 0.25) is 5.13 Å². The largest absolute Gasteiger partial charge is 0.227 e. The lowest BCUT2D eigenvalue weighted by molar-refractivity contribution is 1.34. The third-order valence-corrected chi connectivity index (χ3v) is 4.43. The maximum Gasteiger partial charge on any atom is 0.209 e. The van der Waals surface area contributed by atoms with Crippen LogP contribution in [0.3, 0.4) is 0 Å². The first-order valence-electron chi connectivity index (χ1n) is 6.55. The van der Waals surface area contributed by atoms with Gasteiger partial charge in [0.25, 0.3) is 0 Å². The van der Waals surface area contributed by atoms with Gasteiger partial charge >= 0.3 is 0 Å². The molecule has 0 atom stereocenters. The molecule has 0 unspecified atom stereocenters. The van der Waals surface area contributed by atoms with E-state index in [2.05, 4.69) is 45.0 Å². The molecule has 0 saturated heterocycles. The fourth-order valence-corrected chi connectivity index (χ4v) is 3.02. The molecule has 0 amide bonds. The summed E-state index contributed by atoms with van der Waals surface area (Å²) in [5, 5.41) is 0.786. The van der Waals surface area contributed by atoms with Crippen LogP contribution in [0.4, 0.5) is 5.13 Å². The van der Waals surface area contributed by atoms with Gasteiger partial charge in [-0.25, -0.2) is 9.98 Å². The summed E-state index contributed by atoms with van der Waals surface area (Å²) in [4.78, 5) is 10.3. The quantitative estimate of drug-likeness (QED) is 0.558. The SMILES string of the molecule is Cc1sc(/N=C/c2ccc(Br)cc2)nc1-c1ccccc1. The van der Waals surface area contributed by atoms with E-state index in [0.29, 0.717) is 0 Å². The molecule has 0 bridgehead atoms. The number of nitrogens with zero attached hydrogens (tertiary/aromatic N) is 2. The molecule has 0 N–H and O–H groups in total. The van der Waals surface area contributed by atoms with Gasteiger partial charge < -0.3 is 0 Å². The van der Waals surface area contributed by atoms with Crippen molar-refractivity contribution in [3.8, 4) is 11.3 Å². The van der Waals surface area contributed by atoms with Crippen LogP contribution in [0.5, 0.6) is 0 Å². The standard InChI is InChI=1S/C17H13BrN2S/c1-12-16(14-5-3-2-4-6-14)20-17(21-12)19-11-13-7-9-15(18)10-8-13/h2-11H,1H3/b19-11+. The van der Waals surface area contributed by atoms with Gasteiger partial charge in [-0.15, -0.1) is 0 Å². The van der Waals surface area contributed by atoms with Gasteiger partial charge in [0.05, 0.1) is 5.69 Å². The number of hydrogen-bond donors (Lipinski definition) is 0. The lowest BCUT2D eigenvalue weighted by Crippen LogP contribution is -1.80. The van der Waals surface area contributed by atoms with E-state index in [1.54, 1.807) is 11.3 Å². The van der Waals surface area contributed by atoms with Crippen LogP contribution in [0.2, 0.25) is 0 Å². The number of rotatable bonds is 3. The Morgan fingerprint density at radius 3 is 2.48 bits per heavy atom. The molecular formula is C17H13BrN2S. The lowest BCUT2D eigenvalue weighted by Gasteiger charge is -1.96. The molecule has 21 heavy (non-hydrogen) atoms. The number of hydrogen-bond acceptors (Lipinski definition) is 3. The maximum atomic E-state index is 4.62. The lowest BCUT2D eigenvalue weighted by atomic mass is 10.1. The molecule has 104 valence electrons. The fraction of sp³-hybridized carbons (Fsp3) is 0.0588. The molecule has 3 rings (SSSR count). The number of aliphatic imine (C=N–C) groups is 1. The summed E-state index contributed by atoms with van der Waals surface area (Å²) in [6.45, 7) is 2.08. The van der Waals surface area contributed by atoms with E-state index in [1.807, 2.05) is 48.7 Å². The fourth-order valence-electron chi connectivity index (χ4n) is 1.98. The van der Waals surface area contributed by atoms with Crippen molar-refractivity contribution in [1.29, 1.82) is 0 Å². The van der Waals surface area contributed by atoms with E-state index in [1.165, 1.54) is 4.88 Å². The molecule has 0 spiro atoms. The molecule has 0 aliphatic heterocycles. The zero-order chi connectivity index (χ0) is 14.7. The minimum atomic E-state index is 0.786. The Kier molecular flexibility index (Phi) is 4.27. The Morgan fingerprint density at radius 1 is 1.05 bits per heavy atom. The van der Waals surface area contributed by atoms with E-state index in [0.717, 1.165) is 26.4 Å². The minimum absolute atomic E-state index is 0.786. The molecule has 1 aromatic heterocycles. The monoisotopic (exact) mass is 356 g/mol. The van der Waals surface area contributed by atoms with Crippen LogP contribution in [0.25, 0.3) is 11.3 Å². The molecule has 0 saturated carbocycles. The van der Waals surface area contributed by atoms with Gasteiger partial charge in [0, 0.05) is 21.1 Å². The zero-order valence-electron chi connectivity index (χ0n) is 11.5. The normalized spacial score (nSPS) is 11.1. The van der Waals surface area contributed by atoms with E-state index < -0.39 is 0 Å². The van der Waals surface area contributed by atoms with E-state index in [9.17, 15) is 0 Å². The van der Waals surface area contributed by atoms with Gasteiger partial charge in [-0.3, -0.25) is 0 Å². The van der Waals surface area contributed by atoms with Crippen molar-refractivity contribution < 1.29 is 0 Å². The van der Waals surface area contributed by atoms with E-state index in [-0.39, 0.29) is 0 Å². The summed E-state index contributed by atoms with van der Waals surface area (Å²) in [5.74, 6) is 0. The number of halogens is 1. The number of aromatic nitrogens is 1. The van der Waals surface area contributed by atoms with Gasteiger partial charge in [0.15, 0.2) is 0 Å². The van der Waals surface area contributed by atoms with Crippen molar-refractivity contribution in [3.63, 3.8) is 0 Å². The summed E-state index contributed by atoms with van der Waals surface area (Å²) < 4.78 is 1.07. The second-order valence-electron chi connectivity index (χ2n) is 4.58. The molecule has 0 radical (unpaired) electrons. The molecule has 2 nitrogen and oxygen atoms in total. The van der Waals surface area contributed by atoms with Crippen LogP contribution in [0, 0.1) is 6.92 Å². The van der Waals surface area contributed by atoms with Crippen molar-refractivity contribution in [3.05, 3.63) is 69.5 Å². The highest BCUT2D eigenvalue weighted by Gasteiger charge is 2.08. The first kappa shape index (κ1) is 14.2. The Bertz CT molecular complexity index is 761. The smallest absolute Gasteiger partial charge is 0.209 e. The number of benzene rings is 2. The molecule has 2 aromatic carbocycles. The average molecular weight is 357 g/mol. The molecule has 4 heteroatoms. The van der Waals surface area contributed by atoms with Gasteiger partial charge in [0.1, 0.15) is 0 Å². The first-order chi connectivity index (χ1) is 10.2. The van der Waals surface area contributed by atoms with Gasteiger partial charge in [-0.2, -0.15) is 0 Å². The highest BCUT2D eigenvalue weighted by Crippen LogP contribution is 2.31. The summed E-state index contributed by atoms with van der Waals surface area (Å²) >= 11 is 5.04. The van der Waals surface area contributed by atoms with Crippen LogP contribution in [-0.4, -0.2) is 11.2 Å². The van der Waals surface area contributed by atoms with Crippen LogP contribution < -0.4 is 0 Å². The number of aryl methyl sites for hydroxylation is 1. The van der Waals surface area contributed by atoms with Crippen LogP contribution in [0.1, 0.15) is 10.4 Å². The van der Waals surface area contributed by atoms with E-state index >= 15 is 0 Å². The summed E-state index contributed by atoms with van der Waals surface area (Å²) in [7, 11) is 0. The Labute approximate surface area is 136 Å². The molecule has 0 aliphatic rings. The van der Waals surface area contributed by atoms with Crippen molar-refractivity contribution in [2.45, 2.75) is 6.92 Å². The molecular weight excluding hydrogens is 344 g/mol. The van der Waals surface area contributed by atoms with E-state index in [4.69, 9.17) is 0 Å². The third-order valence-electron chi connectivity index (χ3n) is 3.03. The van der Waals surface area contributed by atoms with Crippen molar-refractivity contribution in [2.24, 2.45) is 4.99 Å². The number of thiazole rings is 1. The summed E-state index contributed by atoms with van der Waals surface area (Å²) in [6, 6.07) is 18.3. The topological polar surface area (TPSA) is 25.2 Å². The van der Waals surface area contributed by atoms with Gasteiger partial charge in [-0.05, 0) is 24.6 Å². The van der Waals surface area contributed by atoms with Crippen LogP contribution >= 0.6 is 27.3 Å². The van der Waals surface area contributed by atoms with Crippen molar-refractivity contribution in [1.82, 2.24) is 4.98 Å². The summed E-state index contributed by atoms with van der Waals surface area (Å²) in [5.41, 5.74) is 3.22. The Hall–Kier alpha value is -1.78. The van der Waals surface area contributed by atoms with Crippen molar-refractivity contribution >= 4 is 38.6 Å². The highest BCUT2D eigenvalue weighted by molar-refractivity contribution is 9.10. The zero-order valence-corrected chi connectivity index (χ0v) is 13.9. The molecule has 1 heterocycles. The molecule has 0 fully saturated rings. The second-order valence-corrected chi connectivity index (χ2v) is 6.67. The highest BCUT2D eigenvalue weighted by atomic mass is 79.9. The Morgan fingerprint density at radius 2 is 1.76 bits per heavy atom. The van der Waals surface area contributed by atoms with Crippen molar-refractivity contribution in [2.75, 3.05) is 0 Å². The first-order valence-corrected chi connectivity index (χ1v) is 8.16. The summed E-state index contributed by atoms with van der Waals surface area (Å²) in [6.07, 6.45) is 1.85. The Balaban J connectivity index is 1.86. The second kappa shape index (κ2) is 6.33. The average Bonchev–Trinajstić information content (AvgIpc) is 2.89. The third kappa shape index (κ3) is 3.46. The predicted molar refractivity (Wildman–Crippen MR) is 93.7 cm³/mol. The minimum Gasteiger partial charge on any atom is -0.227 e. The predicted octanol–water partition coefficient (Wildman–Crippen LogP) is 5.63. The molecule has 0 aliphatic carbocycles. The van der Waals surface area contributed by atoms with Gasteiger partial charge in [-0.1, -0.05) is 69.7 Å². The molecule has 3 aromatic rings. The maximum absolute atomic E-state index is 4.62. The van der Waals surface area contributed by atoms with Crippen LogP contribution in [-0.2, 0) is 0 Å². The van der Waals surface area contributed by atoms with Crippen LogP contribution in [0.15, 0.2) is 64.1 Å².